The summed E-state index contributed by atoms with van der Waals surface area (Å²) >= 11 is 0. The summed E-state index contributed by atoms with van der Waals surface area (Å²) in [5.74, 6) is -0.408. The Labute approximate surface area is 94.1 Å². The maximum absolute atomic E-state index is 12.7. The van der Waals surface area contributed by atoms with Gasteiger partial charge in [-0.25, -0.2) is 4.39 Å². The quantitative estimate of drug-likeness (QED) is 0.782. The van der Waals surface area contributed by atoms with Crippen LogP contribution in [0.5, 0.6) is 0 Å². The Hall–Kier alpha value is -1.89. The minimum absolute atomic E-state index is 0.0677. The zero-order valence-corrected chi connectivity index (χ0v) is 9.11. The molecule has 0 aliphatic rings. The van der Waals surface area contributed by atoms with Crippen LogP contribution in [0, 0.1) is 17.1 Å². The highest BCUT2D eigenvalue weighted by atomic mass is 19.1. The van der Waals surface area contributed by atoms with Crippen molar-refractivity contribution in [3.63, 3.8) is 0 Å². The van der Waals surface area contributed by atoms with E-state index in [0.717, 1.165) is 0 Å². The van der Waals surface area contributed by atoms with Crippen LogP contribution in [0.15, 0.2) is 24.3 Å². The summed E-state index contributed by atoms with van der Waals surface area (Å²) in [7, 11) is 0. The van der Waals surface area contributed by atoms with Gasteiger partial charge in [-0.15, -0.1) is 0 Å². The second-order valence-electron chi connectivity index (χ2n) is 3.28. The lowest BCUT2D eigenvalue weighted by Gasteiger charge is -2.21. The minimum Gasteiger partial charge on any atom is -0.311 e. The zero-order chi connectivity index (χ0) is 12.0. The molecule has 0 heterocycles. The molecule has 0 fully saturated rings. The molecule has 1 amide bonds. The van der Waals surface area contributed by atoms with Crippen LogP contribution in [0.2, 0.25) is 0 Å². The molecular formula is C12H13FN2O. The van der Waals surface area contributed by atoms with E-state index in [9.17, 15) is 9.18 Å². The summed E-state index contributed by atoms with van der Waals surface area (Å²) in [5, 5.41) is 8.51. The van der Waals surface area contributed by atoms with Crippen LogP contribution in [0.3, 0.4) is 0 Å². The first-order valence-corrected chi connectivity index (χ1v) is 5.12. The Morgan fingerprint density at radius 1 is 1.44 bits per heavy atom. The molecule has 1 aromatic rings. The van der Waals surface area contributed by atoms with Crippen molar-refractivity contribution < 1.29 is 9.18 Å². The Morgan fingerprint density at radius 2 is 2.06 bits per heavy atom. The van der Waals surface area contributed by atoms with Crippen molar-refractivity contribution >= 4 is 11.6 Å². The topological polar surface area (TPSA) is 44.1 Å². The molecule has 4 heteroatoms. The van der Waals surface area contributed by atoms with Crippen molar-refractivity contribution in [1.82, 2.24) is 0 Å². The number of rotatable bonds is 4. The average molecular weight is 220 g/mol. The molecule has 0 saturated heterocycles. The summed E-state index contributed by atoms with van der Waals surface area (Å²) in [6.07, 6.45) is 0.631. The third-order valence-electron chi connectivity index (χ3n) is 2.19. The molecule has 0 aliphatic carbocycles. The summed E-state index contributed by atoms with van der Waals surface area (Å²) in [6.45, 7) is 2.10. The molecule has 0 spiro atoms. The van der Waals surface area contributed by atoms with Crippen LogP contribution >= 0.6 is 0 Å². The number of carbonyl (C=O) groups excluding carboxylic acids is 1. The molecule has 0 radical (unpaired) electrons. The number of nitrogens with zero attached hydrogens (tertiary/aromatic N) is 2. The molecule has 16 heavy (non-hydrogen) atoms. The fourth-order valence-corrected chi connectivity index (χ4v) is 1.37. The first kappa shape index (κ1) is 12.2. The smallest absolute Gasteiger partial charge is 0.226 e. The third kappa shape index (κ3) is 3.06. The number of carbonyl (C=O) groups is 1. The number of hydrogen-bond donors (Lipinski definition) is 0. The van der Waals surface area contributed by atoms with E-state index in [1.54, 1.807) is 19.1 Å². The molecule has 1 aromatic carbocycles. The van der Waals surface area contributed by atoms with Gasteiger partial charge in [0, 0.05) is 18.7 Å². The van der Waals surface area contributed by atoms with E-state index in [2.05, 4.69) is 0 Å². The predicted molar refractivity (Wildman–Crippen MR) is 59.3 cm³/mol. The number of amides is 1. The fraction of sp³-hybridized carbons (Fsp3) is 0.333. The summed E-state index contributed by atoms with van der Waals surface area (Å²) < 4.78 is 12.7. The van der Waals surface area contributed by atoms with Crippen LogP contribution in [0.1, 0.15) is 19.8 Å². The van der Waals surface area contributed by atoms with Gasteiger partial charge in [-0.1, -0.05) is 6.92 Å². The normalized spacial score (nSPS) is 9.56. The van der Waals surface area contributed by atoms with E-state index < -0.39 is 0 Å². The Kier molecular flexibility index (Phi) is 4.46. The van der Waals surface area contributed by atoms with E-state index in [4.69, 9.17) is 5.26 Å². The molecular weight excluding hydrogens is 207 g/mol. The third-order valence-corrected chi connectivity index (χ3v) is 2.19. The van der Waals surface area contributed by atoms with E-state index >= 15 is 0 Å². The van der Waals surface area contributed by atoms with Gasteiger partial charge >= 0.3 is 0 Å². The first-order chi connectivity index (χ1) is 7.69. The minimum atomic E-state index is -0.340. The van der Waals surface area contributed by atoms with Crippen molar-refractivity contribution in [2.45, 2.75) is 19.8 Å². The SMILES string of the molecule is CCC(=O)N(CCC#N)c1ccc(F)cc1. The standard InChI is InChI=1S/C12H13FN2O/c1-2-12(16)15(9-3-8-14)11-6-4-10(13)5-7-11/h4-7H,2-3,9H2,1H3. The van der Waals surface area contributed by atoms with E-state index in [1.165, 1.54) is 17.0 Å². The molecule has 0 N–H and O–H groups in total. The highest BCUT2D eigenvalue weighted by molar-refractivity contribution is 5.93. The van der Waals surface area contributed by atoms with Gasteiger partial charge in [0.2, 0.25) is 5.91 Å². The molecule has 3 nitrogen and oxygen atoms in total. The molecule has 0 unspecified atom stereocenters. The lowest BCUT2D eigenvalue weighted by atomic mass is 10.2. The fourth-order valence-electron chi connectivity index (χ4n) is 1.37. The van der Waals surface area contributed by atoms with Crippen molar-refractivity contribution in [1.29, 1.82) is 5.26 Å². The van der Waals surface area contributed by atoms with E-state index in [-0.39, 0.29) is 18.1 Å². The van der Waals surface area contributed by atoms with Crippen LogP contribution in [0.25, 0.3) is 0 Å². The van der Waals surface area contributed by atoms with Gasteiger partial charge in [0.15, 0.2) is 0 Å². The number of benzene rings is 1. The van der Waals surface area contributed by atoms with Crippen molar-refractivity contribution in [3.05, 3.63) is 30.1 Å². The van der Waals surface area contributed by atoms with Gasteiger partial charge < -0.3 is 4.90 Å². The zero-order valence-electron chi connectivity index (χ0n) is 9.11. The van der Waals surface area contributed by atoms with Gasteiger partial charge in [-0.2, -0.15) is 5.26 Å². The summed E-state index contributed by atoms with van der Waals surface area (Å²) in [6, 6.07) is 7.68. The van der Waals surface area contributed by atoms with E-state index in [0.29, 0.717) is 18.7 Å². The Balaban J connectivity index is 2.88. The highest BCUT2D eigenvalue weighted by Gasteiger charge is 2.13. The van der Waals surface area contributed by atoms with Crippen LogP contribution in [0.4, 0.5) is 10.1 Å². The van der Waals surface area contributed by atoms with Gasteiger partial charge in [0.25, 0.3) is 0 Å². The number of anilines is 1. The van der Waals surface area contributed by atoms with Gasteiger partial charge in [-0.3, -0.25) is 4.79 Å². The van der Waals surface area contributed by atoms with Crippen LogP contribution in [-0.4, -0.2) is 12.5 Å². The molecule has 0 saturated carbocycles. The average Bonchev–Trinajstić information content (AvgIpc) is 2.31. The van der Waals surface area contributed by atoms with Crippen LogP contribution < -0.4 is 4.90 Å². The van der Waals surface area contributed by atoms with Crippen molar-refractivity contribution in [2.75, 3.05) is 11.4 Å². The largest absolute Gasteiger partial charge is 0.311 e. The lowest BCUT2D eigenvalue weighted by Crippen LogP contribution is -2.30. The maximum Gasteiger partial charge on any atom is 0.226 e. The molecule has 0 bridgehead atoms. The molecule has 1 rings (SSSR count). The number of hydrogen-bond acceptors (Lipinski definition) is 2. The summed E-state index contributed by atoms with van der Waals surface area (Å²) in [5.41, 5.74) is 0.628. The Morgan fingerprint density at radius 3 is 2.56 bits per heavy atom. The highest BCUT2D eigenvalue weighted by Crippen LogP contribution is 2.16. The number of halogens is 1. The van der Waals surface area contributed by atoms with Gasteiger partial charge in [0.05, 0.1) is 12.5 Å². The van der Waals surface area contributed by atoms with Gasteiger partial charge in [0.1, 0.15) is 5.82 Å². The molecule has 84 valence electrons. The first-order valence-electron chi connectivity index (χ1n) is 5.12. The molecule has 0 aliphatic heterocycles. The second kappa shape index (κ2) is 5.86. The van der Waals surface area contributed by atoms with E-state index in [1.807, 2.05) is 6.07 Å². The van der Waals surface area contributed by atoms with Gasteiger partial charge in [-0.05, 0) is 24.3 Å². The Bertz CT molecular complexity index is 394. The predicted octanol–water partition coefficient (Wildman–Crippen LogP) is 2.48. The van der Waals surface area contributed by atoms with Crippen LogP contribution in [-0.2, 0) is 4.79 Å². The molecule has 0 atom stereocenters. The maximum atomic E-state index is 12.7. The monoisotopic (exact) mass is 220 g/mol. The number of nitriles is 1. The lowest BCUT2D eigenvalue weighted by molar-refractivity contribution is -0.118. The van der Waals surface area contributed by atoms with Crippen molar-refractivity contribution in [3.8, 4) is 6.07 Å². The second-order valence-corrected chi connectivity index (χ2v) is 3.28. The van der Waals surface area contributed by atoms with Crippen molar-refractivity contribution in [2.24, 2.45) is 0 Å². The molecule has 0 aromatic heterocycles. The summed E-state index contributed by atoms with van der Waals surface area (Å²) in [4.78, 5) is 13.1.